The number of aryl methyl sites for hydroxylation is 1. The van der Waals surface area contributed by atoms with Crippen molar-refractivity contribution in [2.75, 3.05) is 23.3 Å². The maximum atomic E-state index is 12.3. The molecule has 0 radical (unpaired) electrons. The minimum atomic E-state index is -0.112. The molecule has 1 aromatic heterocycles. The van der Waals surface area contributed by atoms with E-state index in [1.165, 1.54) is 0 Å². The molecule has 0 aliphatic heterocycles. The molecule has 2 aromatic rings. The first-order valence-corrected chi connectivity index (χ1v) is 7.48. The summed E-state index contributed by atoms with van der Waals surface area (Å²) in [5.41, 5.74) is 2.08. The minimum absolute atomic E-state index is 0.112. The highest BCUT2D eigenvalue weighted by Gasteiger charge is 2.13. The lowest BCUT2D eigenvalue weighted by molar-refractivity contribution is -0.115. The minimum Gasteiger partial charge on any atom is -0.346 e. The molecule has 1 amide bonds. The zero-order valence-corrected chi connectivity index (χ0v) is 13.3. The van der Waals surface area contributed by atoms with Gasteiger partial charge in [0, 0.05) is 12.2 Å². The molecule has 0 bridgehead atoms. The van der Waals surface area contributed by atoms with Crippen molar-refractivity contribution in [2.24, 2.45) is 0 Å². The molecule has 1 aromatic carbocycles. The lowest BCUT2D eigenvalue weighted by atomic mass is 10.2. The van der Waals surface area contributed by atoms with E-state index in [4.69, 9.17) is 5.26 Å². The molecule has 118 valence electrons. The summed E-state index contributed by atoms with van der Waals surface area (Å²) in [6.45, 7) is 4.85. The standard InChI is InChI=1S/C17H19N5O/c1-3-10-22(16-9-8-14(11-18)20-21-16)12-17(23)19-15-7-5-4-6-13(15)2/h4-9H,3,10,12H2,1-2H3,(H,19,23). The van der Waals surface area contributed by atoms with Gasteiger partial charge in [-0.15, -0.1) is 10.2 Å². The van der Waals surface area contributed by atoms with Crippen molar-refractivity contribution in [2.45, 2.75) is 20.3 Å². The lowest BCUT2D eigenvalue weighted by Gasteiger charge is -2.22. The van der Waals surface area contributed by atoms with E-state index < -0.39 is 0 Å². The molecule has 0 aliphatic rings. The third kappa shape index (κ3) is 4.51. The Morgan fingerprint density at radius 1 is 1.26 bits per heavy atom. The SMILES string of the molecule is CCCN(CC(=O)Nc1ccccc1C)c1ccc(C#N)nn1. The van der Waals surface area contributed by atoms with E-state index in [9.17, 15) is 4.79 Å². The molecule has 0 aliphatic carbocycles. The average molecular weight is 309 g/mol. The fraction of sp³-hybridized carbons (Fsp3) is 0.294. The van der Waals surface area contributed by atoms with E-state index in [1.54, 1.807) is 12.1 Å². The van der Waals surface area contributed by atoms with E-state index in [1.807, 2.05) is 49.1 Å². The van der Waals surface area contributed by atoms with Crippen LogP contribution in [0.2, 0.25) is 0 Å². The van der Waals surface area contributed by atoms with Crippen LogP contribution in [0.25, 0.3) is 0 Å². The third-order valence-corrected chi connectivity index (χ3v) is 3.34. The van der Waals surface area contributed by atoms with Gasteiger partial charge in [-0.1, -0.05) is 25.1 Å². The van der Waals surface area contributed by atoms with Crippen LogP contribution in [-0.4, -0.2) is 29.2 Å². The Balaban J connectivity index is 2.07. The zero-order chi connectivity index (χ0) is 16.7. The number of nitrogens with one attached hydrogen (secondary N) is 1. The molecule has 1 N–H and O–H groups in total. The molecular weight excluding hydrogens is 290 g/mol. The Hall–Kier alpha value is -2.94. The van der Waals surface area contributed by atoms with Crippen LogP contribution in [0.15, 0.2) is 36.4 Å². The highest BCUT2D eigenvalue weighted by molar-refractivity contribution is 5.94. The number of para-hydroxylation sites is 1. The van der Waals surface area contributed by atoms with Gasteiger partial charge in [-0.05, 0) is 37.1 Å². The first-order chi connectivity index (χ1) is 11.1. The Morgan fingerprint density at radius 3 is 2.65 bits per heavy atom. The Bertz CT molecular complexity index is 706. The van der Waals surface area contributed by atoms with Crippen molar-refractivity contribution in [1.29, 1.82) is 5.26 Å². The Kier molecular flexibility index (Phi) is 5.64. The number of rotatable bonds is 6. The summed E-state index contributed by atoms with van der Waals surface area (Å²) in [6.07, 6.45) is 0.874. The molecule has 0 spiro atoms. The summed E-state index contributed by atoms with van der Waals surface area (Å²) in [5.74, 6) is 0.477. The third-order valence-electron chi connectivity index (χ3n) is 3.34. The fourth-order valence-corrected chi connectivity index (χ4v) is 2.17. The second kappa shape index (κ2) is 7.90. The van der Waals surface area contributed by atoms with Gasteiger partial charge in [0.25, 0.3) is 0 Å². The predicted molar refractivity (Wildman–Crippen MR) is 89.1 cm³/mol. The Morgan fingerprint density at radius 2 is 2.04 bits per heavy atom. The van der Waals surface area contributed by atoms with Gasteiger partial charge in [0.1, 0.15) is 6.07 Å². The zero-order valence-electron chi connectivity index (χ0n) is 13.3. The Labute approximate surface area is 135 Å². The van der Waals surface area contributed by atoms with Crippen molar-refractivity contribution in [3.05, 3.63) is 47.7 Å². The number of benzene rings is 1. The molecule has 0 fully saturated rings. The highest BCUT2D eigenvalue weighted by atomic mass is 16.2. The highest BCUT2D eigenvalue weighted by Crippen LogP contribution is 2.14. The van der Waals surface area contributed by atoms with Gasteiger partial charge in [-0.2, -0.15) is 5.26 Å². The van der Waals surface area contributed by atoms with Crippen LogP contribution < -0.4 is 10.2 Å². The van der Waals surface area contributed by atoms with Crippen LogP contribution in [0.5, 0.6) is 0 Å². The van der Waals surface area contributed by atoms with Crippen molar-refractivity contribution in [1.82, 2.24) is 10.2 Å². The first-order valence-electron chi connectivity index (χ1n) is 7.48. The van der Waals surface area contributed by atoms with Crippen LogP contribution in [0, 0.1) is 18.3 Å². The van der Waals surface area contributed by atoms with Gasteiger partial charge < -0.3 is 10.2 Å². The van der Waals surface area contributed by atoms with Crippen molar-refractivity contribution in [3.63, 3.8) is 0 Å². The van der Waals surface area contributed by atoms with Gasteiger partial charge in [0.15, 0.2) is 11.5 Å². The van der Waals surface area contributed by atoms with Gasteiger partial charge in [-0.3, -0.25) is 4.79 Å². The molecule has 0 unspecified atom stereocenters. The van der Waals surface area contributed by atoms with E-state index in [-0.39, 0.29) is 18.1 Å². The molecular formula is C17H19N5O. The van der Waals surface area contributed by atoms with Gasteiger partial charge in [0.2, 0.25) is 5.91 Å². The number of nitriles is 1. The second-order valence-corrected chi connectivity index (χ2v) is 5.17. The van der Waals surface area contributed by atoms with Gasteiger partial charge in [0.05, 0.1) is 6.54 Å². The van der Waals surface area contributed by atoms with Crippen LogP contribution in [0.3, 0.4) is 0 Å². The number of hydrogen-bond acceptors (Lipinski definition) is 5. The topological polar surface area (TPSA) is 81.9 Å². The molecule has 0 saturated heterocycles. The summed E-state index contributed by atoms with van der Waals surface area (Å²) < 4.78 is 0. The smallest absolute Gasteiger partial charge is 0.243 e. The molecule has 0 saturated carbocycles. The summed E-state index contributed by atoms with van der Waals surface area (Å²) >= 11 is 0. The van der Waals surface area contributed by atoms with Crippen molar-refractivity contribution >= 4 is 17.4 Å². The number of amides is 1. The molecule has 23 heavy (non-hydrogen) atoms. The van der Waals surface area contributed by atoms with Crippen molar-refractivity contribution < 1.29 is 4.79 Å². The van der Waals surface area contributed by atoms with Gasteiger partial charge in [-0.25, -0.2) is 0 Å². The first kappa shape index (κ1) is 16.4. The number of nitrogens with zero attached hydrogens (tertiary/aromatic N) is 4. The second-order valence-electron chi connectivity index (χ2n) is 5.17. The maximum absolute atomic E-state index is 12.3. The molecule has 6 nitrogen and oxygen atoms in total. The largest absolute Gasteiger partial charge is 0.346 e. The van der Waals surface area contributed by atoms with Crippen LogP contribution in [0.1, 0.15) is 24.6 Å². The van der Waals surface area contributed by atoms with Crippen molar-refractivity contribution in [3.8, 4) is 6.07 Å². The normalized spacial score (nSPS) is 9.96. The quantitative estimate of drug-likeness (QED) is 0.886. The van der Waals surface area contributed by atoms with E-state index in [2.05, 4.69) is 15.5 Å². The summed E-state index contributed by atoms with van der Waals surface area (Å²) in [6, 6.07) is 12.9. The molecule has 6 heteroatoms. The van der Waals surface area contributed by atoms with E-state index in [0.717, 1.165) is 17.7 Å². The number of anilines is 2. The summed E-state index contributed by atoms with van der Waals surface area (Å²) in [5, 5.41) is 19.5. The fourth-order valence-electron chi connectivity index (χ4n) is 2.17. The van der Waals surface area contributed by atoms with Crippen LogP contribution >= 0.6 is 0 Å². The monoisotopic (exact) mass is 309 g/mol. The lowest BCUT2D eigenvalue weighted by Crippen LogP contribution is -2.34. The van der Waals surface area contributed by atoms with Crippen LogP contribution in [0.4, 0.5) is 11.5 Å². The maximum Gasteiger partial charge on any atom is 0.243 e. The van der Waals surface area contributed by atoms with E-state index >= 15 is 0 Å². The number of carbonyl (C=O) groups is 1. The number of hydrogen-bond donors (Lipinski definition) is 1. The molecule has 1 heterocycles. The summed E-state index contributed by atoms with van der Waals surface area (Å²) in [4.78, 5) is 14.1. The number of aromatic nitrogens is 2. The molecule has 0 atom stereocenters. The number of carbonyl (C=O) groups excluding carboxylic acids is 1. The average Bonchev–Trinajstić information content (AvgIpc) is 2.57. The summed E-state index contributed by atoms with van der Waals surface area (Å²) in [7, 11) is 0. The molecule has 2 rings (SSSR count). The van der Waals surface area contributed by atoms with Crippen LogP contribution in [-0.2, 0) is 4.79 Å². The predicted octanol–water partition coefficient (Wildman–Crippen LogP) is 2.51. The van der Waals surface area contributed by atoms with Gasteiger partial charge >= 0.3 is 0 Å². The van der Waals surface area contributed by atoms with E-state index in [0.29, 0.717) is 12.4 Å².